The van der Waals surface area contributed by atoms with Crippen molar-refractivity contribution in [2.45, 2.75) is 32.9 Å². The number of ether oxygens (including phenoxy) is 1. The standard InChI is InChI=1S/C14H22FNO2/c1-5-18-13-7-6-11(8-12(13)15)9-16(4)14(2,3)10-17/h6-8,17H,5,9-10H2,1-4H3. The van der Waals surface area contributed by atoms with Gasteiger partial charge in [0.15, 0.2) is 11.6 Å². The lowest BCUT2D eigenvalue weighted by Gasteiger charge is -2.33. The second kappa shape index (κ2) is 6.16. The van der Waals surface area contributed by atoms with Crippen molar-refractivity contribution in [3.05, 3.63) is 29.6 Å². The number of hydrogen-bond acceptors (Lipinski definition) is 3. The van der Waals surface area contributed by atoms with E-state index in [1.165, 1.54) is 6.07 Å². The lowest BCUT2D eigenvalue weighted by Crippen LogP contribution is -2.43. The Morgan fingerprint density at radius 1 is 1.39 bits per heavy atom. The van der Waals surface area contributed by atoms with E-state index in [9.17, 15) is 9.50 Å². The molecule has 1 rings (SSSR count). The highest BCUT2D eigenvalue weighted by Crippen LogP contribution is 2.21. The van der Waals surface area contributed by atoms with Crippen LogP contribution in [-0.2, 0) is 6.54 Å². The summed E-state index contributed by atoms with van der Waals surface area (Å²) in [5, 5.41) is 9.28. The van der Waals surface area contributed by atoms with Crippen molar-refractivity contribution in [2.75, 3.05) is 20.3 Å². The Hall–Kier alpha value is -1.13. The molecular formula is C14H22FNO2. The van der Waals surface area contributed by atoms with Gasteiger partial charge in [-0.2, -0.15) is 0 Å². The van der Waals surface area contributed by atoms with Gasteiger partial charge in [0, 0.05) is 12.1 Å². The van der Waals surface area contributed by atoms with Crippen LogP contribution in [-0.4, -0.2) is 35.8 Å². The van der Waals surface area contributed by atoms with Crippen molar-refractivity contribution < 1.29 is 14.2 Å². The van der Waals surface area contributed by atoms with E-state index in [2.05, 4.69) is 0 Å². The molecule has 0 heterocycles. The van der Waals surface area contributed by atoms with Gasteiger partial charge < -0.3 is 9.84 Å². The zero-order chi connectivity index (χ0) is 13.8. The lowest BCUT2D eigenvalue weighted by molar-refractivity contribution is 0.0733. The number of nitrogens with zero attached hydrogens (tertiary/aromatic N) is 1. The van der Waals surface area contributed by atoms with E-state index in [1.807, 2.05) is 38.8 Å². The average Bonchev–Trinajstić information content (AvgIpc) is 2.32. The molecule has 0 radical (unpaired) electrons. The van der Waals surface area contributed by atoms with E-state index in [-0.39, 0.29) is 23.7 Å². The first-order chi connectivity index (χ1) is 8.40. The summed E-state index contributed by atoms with van der Waals surface area (Å²) in [4.78, 5) is 1.99. The maximum atomic E-state index is 13.7. The van der Waals surface area contributed by atoms with Crippen molar-refractivity contribution in [2.24, 2.45) is 0 Å². The highest BCUT2D eigenvalue weighted by Gasteiger charge is 2.22. The maximum absolute atomic E-state index is 13.7. The molecule has 3 nitrogen and oxygen atoms in total. The molecule has 0 unspecified atom stereocenters. The van der Waals surface area contributed by atoms with E-state index in [0.717, 1.165) is 5.56 Å². The van der Waals surface area contributed by atoms with Crippen LogP contribution in [0.1, 0.15) is 26.3 Å². The number of halogens is 1. The molecule has 102 valence electrons. The molecule has 0 aliphatic rings. The molecule has 1 aromatic carbocycles. The molecule has 0 aromatic heterocycles. The van der Waals surface area contributed by atoms with Crippen LogP contribution in [0.2, 0.25) is 0 Å². The van der Waals surface area contributed by atoms with Gasteiger partial charge >= 0.3 is 0 Å². The SMILES string of the molecule is CCOc1ccc(CN(C)C(C)(C)CO)cc1F. The van der Waals surface area contributed by atoms with E-state index in [0.29, 0.717) is 13.2 Å². The highest BCUT2D eigenvalue weighted by molar-refractivity contribution is 5.29. The number of aliphatic hydroxyl groups excluding tert-OH is 1. The van der Waals surface area contributed by atoms with Gasteiger partial charge in [-0.15, -0.1) is 0 Å². The fraction of sp³-hybridized carbons (Fsp3) is 0.571. The van der Waals surface area contributed by atoms with Crippen molar-refractivity contribution in [1.29, 1.82) is 0 Å². The van der Waals surface area contributed by atoms with Gasteiger partial charge in [-0.05, 0) is 45.5 Å². The topological polar surface area (TPSA) is 32.7 Å². The highest BCUT2D eigenvalue weighted by atomic mass is 19.1. The van der Waals surface area contributed by atoms with Gasteiger partial charge in [0.05, 0.1) is 13.2 Å². The average molecular weight is 255 g/mol. The van der Waals surface area contributed by atoms with Crippen LogP contribution in [0.5, 0.6) is 5.75 Å². The second-order valence-corrected chi connectivity index (χ2v) is 5.02. The van der Waals surface area contributed by atoms with Crippen molar-refractivity contribution in [1.82, 2.24) is 4.90 Å². The van der Waals surface area contributed by atoms with Crippen molar-refractivity contribution >= 4 is 0 Å². The summed E-state index contributed by atoms with van der Waals surface area (Å²) in [6.45, 7) is 6.80. The van der Waals surface area contributed by atoms with Gasteiger partial charge in [-0.25, -0.2) is 4.39 Å². The quantitative estimate of drug-likeness (QED) is 0.847. The molecule has 0 fully saturated rings. The molecular weight excluding hydrogens is 233 g/mol. The zero-order valence-corrected chi connectivity index (χ0v) is 11.5. The fourth-order valence-corrected chi connectivity index (χ4v) is 1.52. The molecule has 1 N–H and O–H groups in total. The monoisotopic (exact) mass is 255 g/mol. The van der Waals surface area contributed by atoms with Crippen LogP contribution in [0, 0.1) is 5.82 Å². The van der Waals surface area contributed by atoms with Gasteiger partial charge in [0.2, 0.25) is 0 Å². The largest absolute Gasteiger partial charge is 0.491 e. The first-order valence-electron chi connectivity index (χ1n) is 6.14. The molecule has 0 saturated carbocycles. The van der Waals surface area contributed by atoms with E-state index in [1.54, 1.807) is 6.07 Å². The third-order valence-corrected chi connectivity index (χ3v) is 3.14. The molecule has 0 aliphatic carbocycles. The first-order valence-corrected chi connectivity index (χ1v) is 6.14. The first kappa shape index (κ1) is 14.9. The minimum Gasteiger partial charge on any atom is -0.491 e. The summed E-state index contributed by atoms with van der Waals surface area (Å²) in [6.07, 6.45) is 0. The number of rotatable bonds is 6. The number of aliphatic hydroxyl groups is 1. The smallest absolute Gasteiger partial charge is 0.165 e. The van der Waals surface area contributed by atoms with E-state index < -0.39 is 0 Å². The predicted molar refractivity (Wildman–Crippen MR) is 70.2 cm³/mol. The summed E-state index contributed by atoms with van der Waals surface area (Å²) >= 11 is 0. The predicted octanol–water partition coefficient (Wildman–Crippen LogP) is 2.43. The van der Waals surface area contributed by atoms with Crippen LogP contribution >= 0.6 is 0 Å². The van der Waals surface area contributed by atoms with Gasteiger partial charge in [-0.3, -0.25) is 4.90 Å². The van der Waals surface area contributed by atoms with E-state index in [4.69, 9.17) is 4.74 Å². The Morgan fingerprint density at radius 3 is 2.56 bits per heavy atom. The normalized spacial score (nSPS) is 11.9. The summed E-state index contributed by atoms with van der Waals surface area (Å²) in [5.41, 5.74) is 0.537. The molecule has 0 spiro atoms. The van der Waals surface area contributed by atoms with Crippen LogP contribution < -0.4 is 4.74 Å². The molecule has 1 aromatic rings. The molecule has 18 heavy (non-hydrogen) atoms. The Labute approximate surface area is 108 Å². The van der Waals surface area contributed by atoms with Crippen LogP contribution in [0.15, 0.2) is 18.2 Å². The lowest BCUT2D eigenvalue weighted by atomic mass is 10.0. The van der Waals surface area contributed by atoms with Gasteiger partial charge in [-0.1, -0.05) is 6.07 Å². The summed E-state index contributed by atoms with van der Waals surface area (Å²) in [5.74, 6) is -0.0603. The molecule has 0 bridgehead atoms. The molecule has 0 aliphatic heterocycles. The third-order valence-electron chi connectivity index (χ3n) is 3.14. The molecule has 4 heteroatoms. The Bertz CT molecular complexity index is 393. The second-order valence-electron chi connectivity index (χ2n) is 5.02. The Kier molecular flexibility index (Phi) is 5.11. The Balaban J connectivity index is 2.77. The number of hydrogen-bond donors (Lipinski definition) is 1. The third kappa shape index (κ3) is 3.68. The van der Waals surface area contributed by atoms with Crippen molar-refractivity contribution in [3.63, 3.8) is 0 Å². The molecule has 0 amide bonds. The minimum atomic E-state index is -0.343. The summed E-state index contributed by atoms with van der Waals surface area (Å²) in [7, 11) is 1.91. The van der Waals surface area contributed by atoms with Crippen molar-refractivity contribution in [3.8, 4) is 5.75 Å². The van der Waals surface area contributed by atoms with Crippen LogP contribution in [0.25, 0.3) is 0 Å². The summed E-state index contributed by atoms with van der Waals surface area (Å²) < 4.78 is 18.8. The number of benzene rings is 1. The van der Waals surface area contributed by atoms with Gasteiger partial charge in [0.25, 0.3) is 0 Å². The van der Waals surface area contributed by atoms with Crippen LogP contribution in [0.4, 0.5) is 4.39 Å². The Morgan fingerprint density at radius 2 is 2.06 bits per heavy atom. The zero-order valence-electron chi connectivity index (χ0n) is 11.5. The maximum Gasteiger partial charge on any atom is 0.165 e. The van der Waals surface area contributed by atoms with E-state index >= 15 is 0 Å². The minimum absolute atomic E-state index is 0.0585. The van der Waals surface area contributed by atoms with Gasteiger partial charge in [0.1, 0.15) is 0 Å². The van der Waals surface area contributed by atoms with Crippen LogP contribution in [0.3, 0.4) is 0 Å². The molecule has 0 saturated heterocycles. The molecule has 0 atom stereocenters. The fourth-order valence-electron chi connectivity index (χ4n) is 1.52. The number of likely N-dealkylation sites (N-methyl/N-ethyl adjacent to an activating group) is 1. The summed E-state index contributed by atoms with van der Waals surface area (Å²) in [6, 6.07) is 4.97.